The summed E-state index contributed by atoms with van der Waals surface area (Å²) in [6, 6.07) is 2.43. The summed E-state index contributed by atoms with van der Waals surface area (Å²) in [5, 5.41) is 8.07. The largest absolute Gasteiger partial charge is 0.352 e. The molecule has 3 aliphatic rings. The Morgan fingerprint density at radius 1 is 1.15 bits per heavy atom. The molecule has 144 valence electrons. The number of piperidine rings is 1. The van der Waals surface area contributed by atoms with Crippen LogP contribution >= 0.6 is 0 Å². The summed E-state index contributed by atoms with van der Waals surface area (Å²) in [4.78, 5) is 37.9. The molecule has 0 spiro atoms. The van der Waals surface area contributed by atoms with Crippen LogP contribution in [0.2, 0.25) is 0 Å². The van der Waals surface area contributed by atoms with Crippen molar-refractivity contribution in [2.24, 2.45) is 5.92 Å². The second-order valence-electron chi connectivity index (χ2n) is 7.43. The maximum Gasteiger partial charge on any atom is 0.319 e. The van der Waals surface area contributed by atoms with Crippen LogP contribution in [0.15, 0.2) is 12.1 Å². The fourth-order valence-corrected chi connectivity index (χ4v) is 3.75. The van der Waals surface area contributed by atoms with E-state index < -0.39 is 11.8 Å². The number of fused-ring (bicyclic) bond motifs is 1. The zero-order chi connectivity index (χ0) is 19.0. The first-order chi connectivity index (χ1) is 13.0. The third-order valence-electron chi connectivity index (χ3n) is 5.47. The second-order valence-corrected chi connectivity index (χ2v) is 7.43. The molecule has 0 aromatic heterocycles. The summed E-state index contributed by atoms with van der Waals surface area (Å²) in [5.74, 6) is -0.397. The van der Waals surface area contributed by atoms with Gasteiger partial charge in [0.05, 0.1) is 5.69 Å². The highest BCUT2D eigenvalue weighted by Gasteiger charge is 2.35. The fraction of sp³-hybridized carbons (Fsp3) is 0.526. The molecule has 1 aromatic carbocycles. The van der Waals surface area contributed by atoms with E-state index in [1.807, 2.05) is 4.90 Å². The van der Waals surface area contributed by atoms with Gasteiger partial charge in [0.2, 0.25) is 5.91 Å². The van der Waals surface area contributed by atoms with Gasteiger partial charge in [-0.3, -0.25) is 9.59 Å². The van der Waals surface area contributed by atoms with E-state index in [-0.39, 0.29) is 29.5 Å². The molecule has 4 amide bonds. The molecule has 8 heteroatoms. The molecule has 4 rings (SSSR count). The van der Waals surface area contributed by atoms with E-state index in [1.165, 1.54) is 12.1 Å². The van der Waals surface area contributed by atoms with Crippen molar-refractivity contribution in [3.63, 3.8) is 0 Å². The van der Waals surface area contributed by atoms with Crippen LogP contribution < -0.4 is 16.0 Å². The van der Waals surface area contributed by atoms with Gasteiger partial charge < -0.3 is 20.9 Å². The topological polar surface area (TPSA) is 90.5 Å². The van der Waals surface area contributed by atoms with Crippen LogP contribution in [-0.2, 0) is 11.2 Å². The normalized spacial score (nSPS) is 19.9. The number of nitrogens with zero attached hydrogens (tertiary/aromatic N) is 1. The number of likely N-dealkylation sites (tertiary alicyclic amines) is 1. The van der Waals surface area contributed by atoms with Crippen LogP contribution in [-0.4, -0.2) is 48.4 Å². The number of benzene rings is 1. The lowest BCUT2D eigenvalue weighted by Crippen LogP contribution is -2.48. The maximum absolute atomic E-state index is 14.6. The highest BCUT2D eigenvalue weighted by molar-refractivity contribution is 5.98. The number of hydrogen-bond acceptors (Lipinski definition) is 3. The SMILES string of the molecule is O=C(Nc1ccc2c(c1F)CCNC2=O)NC1CCN(C(=O)C2CC2)CC1. The minimum atomic E-state index is -0.553. The Kier molecular flexibility index (Phi) is 4.72. The van der Waals surface area contributed by atoms with Crippen LogP contribution in [0.5, 0.6) is 0 Å². The number of hydrogen-bond donors (Lipinski definition) is 3. The third kappa shape index (κ3) is 3.74. The van der Waals surface area contributed by atoms with E-state index in [0.717, 1.165) is 12.8 Å². The lowest BCUT2D eigenvalue weighted by Gasteiger charge is -2.32. The molecule has 1 saturated heterocycles. The molecule has 1 aromatic rings. The van der Waals surface area contributed by atoms with E-state index in [1.54, 1.807) is 0 Å². The van der Waals surface area contributed by atoms with Crippen LogP contribution in [0.1, 0.15) is 41.6 Å². The third-order valence-corrected chi connectivity index (χ3v) is 5.47. The molecule has 0 unspecified atom stereocenters. The van der Waals surface area contributed by atoms with Gasteiger partial charge in [-0.2, -0.15) is 0 Å². The average Bonchev–Trinajstić information content (AvgIpc) is 3.50. The van der Waals surface area contributed by atoms with Crippen molar-refractivity contribution in [3.05, 3.63) is 29.1 Å². The quantitative estimate of drug-likeness (QED) is 0.751. The Labute approximate surface area is 156 Å². The van der Waals surface area contributed by atoms with E-state index in [0.29, 0.717) is 50.0 Å². The molecule has 1 aliphatic carbocycles. The number of rotatable bonds is 3. The van der Waals surface area contributed by atoms with Crippen LogP contribution in [0, 0.1) is 11.7 Å². The smallest absolute Gasteiger partial charge is 0.319 e. The maximum atomic E-state index is 14.6. The predicted octanol–water partition coefficient (Wildman–Crippen LogP) is 1.63. The number of nitrogens with one attached hydrogen (secondary N) is 3. The minimum Gasteiger partial charge on any atom is -0.352 e. The first kappa shape index (κ1) is 17.8. The molecule has 2 heterocycles. The molecule has 3 N–H and O–H groups in total. The summed E-state index contributed by atoms with van der Waals surface area (Å²) >= 11 is 0. The summed E-state index contributed by atoms with van der Waals surface area (Å²) in [7, 11) is 0. The van der Waals surface area contributed by atoms with E-state index in [9.17, 15) is 18.8 Å². The van der Waals surface area contributed by atoms with Crippen LogP contribution in [0.25, 0.3) is 0 Å². The molecule has 1 saturated carbocycles. The van der Waals surface area contributed by atoms with Crippen molar-refractivity contribution in [3.8, 4) is 0 Å². The van der Waals surface area contributed by atoms with Gasteiger partial charge >= 0.3 is 6.03 Å². The monoisotopic (exact) mass is 374 g/mol. The second kappa shape index (κ2) is 7.17. The van der Waals surface area contributed by atoms with E-state index in [4.69, 9.17) is 0 Å². The highest BCUT2D eigenvalue weighted by Crippen LogP contribution is 2.32. The molecule has 2 fully saturated rings. The molecule has 0 radical (unpaired) electrons. The number of carbonyl (C=O) groups excluding carboxylic acids is 3. The Bertz CT molecular complexity index is 785. The van der Waals surface area contributed by atoms with Gasteiger partial charge in [0.15, 0.2) is 5.82 Å². The average molecular weight is 374 g/mol. The molecule has 27 heavy (non-hydrogen) atoms. The van der Waals surface area contributed by atoms with Gasteiger partial charge in [-0.25, -0.2) is 9.18 Å². The molecule has 0 bridgehead atoms. The van der Waals surface area contributed by atoms with Gasteiger partial charge in [0.1, 0.15) is 0 Å². The zero-order valence-electron chi connectivity index (χ0n) is 15.0. The van der Waals surface area contributed by atoms with Crippen LogP contribution in [0.4, 0.5) is 14.9 Å². The van der Waals surface area contributed by atoms with Crippen molar-refractivity contribution in [1.29, 1.82) is 0 Å². The van der Waals surface area contributed by atoms with Crippen molar-refractivity contribution in [1.82, 2.24) is 15.5 Å². The van der Waals surface area contributed by atoms with Gasteiger partial charge in [-0.1, -0.05) is 0 Å². The van der Waals surface area contributed by atoms with Crippen molar-refractivity contribution >= 4 is 23.5 Å². The Balaban J connectivity index is 1.32. The van der Waals surface area contributed by atoms with Crippen molar-refractivity contribution < 1.29 is 18.8 Å². The number of urea groups is 1. The lowest BCUT2D eigenvalue weighted by molar-refractivity contribution is -0.133. The van der Waals surface area contributed by atoms with Crippen molar-refractivity contribution in [2.45, 2.75) is 38.1 Å². The number of halogens is 1. The van der Waals surface area contributed by atoms with Crippen LogP contribution in [0.3, 0.4) is 0 Å². The molecule has 7 nitrogen and oxygen atoms in total. The van der Waals surface area contributed by atoms with Gasteiger partial charge in [-0.15, -0.1) is 0 Å². The molecule has 2 aliphatic heterocycles. The fourth-order valence-electron chi connectivity index (χ4n) is 3.75. The summed E-state index contributed by atoms with van der Waals surface area (Å²) < 4.78 is 14.6. The van der Waals surface area contributed by atoms with Gasteiger partial charge in [0, 0.05) is 42.7 Å². The standard InChI is InChI=1S/C19H23FN4O3/c20-16-13-5-8-21-17(25)14(13)3-4-15(16)23-19(27)22-12-6-9-24(10-7-12)18(26)11-1-2-11/h3-4,11-12H,1-2,5-10H2,(H,21,25)(H2,22,23,27). The van der Waals surface area contributed by atoms with Crippen molar-refractivity contribution in [2.75, 3.05) is 25.0 Å². The first-order valence-electron chi connectivity index (χ1n) is 9.49. The van der Waals surface area contributed by atoms with Gasteiger partial charge in [0.25, 0.3) is 5.91 Å². The zero-order valence-corrected chi connectivity index (χ0v) is 15.0. The van der Waals surface area contributed by atoms with E-state index in [2.05, 4.69) is 16.0 Å². The van der Waals surface area contributed by atoms with E-state index >= 15 is 0 Å². The summed E-state index contributed by atoms with van der Waals surface area (Å²) in [5.41, 5.74) is 0.725. The molecule has 0 atom stereocenters. The Morgan fingerprint density at radius 2 is 1.89 bits per heavy atom. The highest BCUT2D eigenvalue weighted by atomic mass is 19.1. The first-order valence-corrected chi connectivity index (χ1v) is 9.49. The molecular weight excluding hydrogens is 351 g/mol. The lowest BCUT2D eigenvalue weighted by atomic mass is 9.99. The predicted molar refractivity (Wildman–Crippen MR) is 96.9 cm³/mol. The summed E-state index contributed by atoms with van der Waals surface area (Å²) in [6.07, 6.45) is 3.77. The number of carbonyl (C=O) groups is 3. The molecular formula is C19H23FN4O3. The number of amides is 4. The number of anilines is 1. The summed E-state index contributed by atoms with van der Waals surface area (Å²) in [6.45, 7) is 1.67. The minimum absolute atomic E-state index is 0.0419. The Hall–Kier alpha value is -2.64. The Morgan fingerprint density at radius 3 is 2.59 bits per heavy atom. The van der Waals surface area contributed by atoms with Gasteiger partial charge in [-0.05, 0) is 44.2 Å².